The summed E-state index contributed by atoms with van der Waals surface area (Å²) in [5.41, 5.74) is 1.13. The van der Waals surface area contributed by atoms with Gasteiger partial charge >= 0.3 is 0 Å². The number of rotatable bonds is 5. The molecular formula is C20H16ClFN4O2S. The highest BCUT2D eigenvalue weighted by Gasteiger charge is 2.29. The fourth-order valence-corrected chi connectivity index (χ4v) is 4.75. The van der Waals surface area contributed by atoms with Gasteiger partial charge in [-0.15, -0.1) is 10.2 Å². The molecule has 0 aliphatic heterocycles. The van der Waals surface area contributed by atoms with E-state index in [1.54, 1.807) is 60.0 Å². The minimum atomic E-state index is -4.05. The molecule has 6 nitrogen and oxygen atoms in total. The quantitative estimate of drug-likeness (QED) is 0.475. The van der Waals surface area contributed by atoms with Crippen LogP contribution >= 0.6 is 11.6 Å². The van der Waals surface area contributed by atoms with Gasteiger partial charge in [0.15, 0.2) is 5.65 Å². The van der Waals surface area contributed by atoms with E-state index in [-0.39, 0.29) is 17.1 Å². The molecule has 4 aromatic rings. The first-order valence-electron chi connectivity index (χ1n) is 8.69. The van der Waals surface area contributed by atoms with Crippen LogP contribution < -0.4 is 4.31 Å². The Labute approximate surface area is 172 Å². The molecule has 4 rings (SSSR count). The van der Waals surface area contributed by atoms with Gasteiger partial charge in [-0.1, -0.05) is 23.7 Å². The van der Waals surface area contributed by atoms with Crippen molar-refractivity contribution in [2.24, 2.45) is 0 Å². The number of benzene rings is 2. The number of fused-ring (bicyclic) bond motifs is 1. The monoisotopic (exact) mass is 430 g/mol. The molecule has 0 saturated carbocycles. The maximum atomic E-state index is 13.7. The predicted molar refractivity (Wildman–Crippen MR) is 109 cm³/mol. The van der Waals surface area contributed by atoms with Gasteiger partial charge in [0.25, 0.3) is 10.0 Å². The molecule has 2 aromatic carbocycles. The average Bonchev–Trinajstić information content (AvgIpc) is 3.08. The first-order valence-corrected chi connectivity index (χ1v) is 10.5. The molecule has 29 heavy (non-hydrogen) atoms. The van der Waals surface area contributed by atoms with Crippen LogP contribution in [0.2, 0.25) is 5.02 Å². The molecule has 0 bridgehead atoms. The van der Waals surface area contributed by atoms with E-state index in [0.29, 0.717) is 22.1 Å². The zero-order valence-electron chi connectivity index (χ0n) is 15.3. The number of hydrogen-bond donors (Lipinski definition) is 0. The Morgan fingerprint density at radius 3 is 2.55 bits per heavy atom. The summed E-state index contributed by atoms with van der Waals surface area (Å²) in [5.74, 6) is 0.131. The maximum absolute atomic E-state index is 13.7. The molecule has 0 fully saturated rings. The van der Waals surface area contributed by atoms with Crippen molar-refractivity contribution in [2.75, 3.05) is 4.31 Å². The number of aryl methyl sites for hydroxylation is 1. The van der Waals surface area contributed by atoms with Crippen LogP contribution in [-0.4, -0.2) is 23.0 Å². The van der Waals surface area contributed by atoms with Gasteiger partial charge in [-0.3, -0.25) is 8.71 Å². The standard InChI is InChI=1S/C20H16ClFN4O2S/c1-14-23-24-20-19(6-3-11-25(14)20)29(27,28)26(18-9-7-16(21)8-10-18)13-15-4-2-5-17(22)12-15/h2-12H,13H2,1H3. The Balaban J connectivity index is 1.87. The van der Waals surface area contributed by atoms with Gasteiger partial charge in [0.05, 0.1) is 12.2 Å². The Morgan fingerprint density at radius 1 is 1.07 bits per heavy atom. The lowest BCUT2D eigenvalue weighted by atomic mass is 10.2. The van der Waals surface area contributed by atoms with E-state index >= 15 is 0 Å². The lowest BCUT2D eigenvalue weighted by Gasteiger charge is -2.25. The largest absolute Gasteiger partial charge is 0.286 e. The van der Waals surface area contributed by atoms with Crippen LogP contribution in [-0.2, 0) is 16.6 Å². The molecule has 0 saturated heterocycles. The number of sulfonamides is 1. The zero-order valence-corrected chi connectivity index (χ0v) is 16.9. The second kappa shape index (κ2) is 7.46. The molecule has 2 aromatic heterocycles. The van der Waals surface area contributed by atoms with Gasteiger partial charge in [-0.05, 0) is 61.0 Å². The SMILES string of the molecule is Cc1nnc2c(S(=O)(=O)N(Cc3cccc(F)c3)c3ccc(Cl)cc3)cccn12. The van der Waals surface area contributed by atoms with Crippen molar-refractivity contribution in [1.82, 2.24) is 14.6 Å². The Kier molecular flexibility index (Phi) is 4.97. The Bertz CT molecular complexity index is 1290. The van der Waals surface area contributed by atoms with Crippen LogP contribution in [0, 0.1) is 12.7 Å². The van der Waals surface area contributed by atoms with Crippen molar-refractivity contribution in [3.05, 3.63) is 89.1 Å². The summed E-state index contributed by atoms with van der Waals surface area (Å²) in [6.45, 7) is 1.68. The van der Waals surface area contributed by atoms with Crippen LogP contribution in [0.4, 0.5) is 10.1 Å². The van der Waals surface area contributed by atoms with Crippen LogP contribution in [0.3, 0.4) is 0 Å². The smallest absolute Gasteiger partial charge is 0.268 e. The van der Waals surface area contributed by atoms with Gasteiger partial charge < -0.3 is 0 Å². The van der Waals surface area contributed by atoms with Gasteiger partial charge in [0.1, 0.15) is 16.5 Å². The second-order valence-corrected chi connectivity index (χ2v) is 8.70. The van der Waals surface area contributed by atoms with Crippen molar-refractivity contribution in [3.8, 4) is 0 Å². The molecule has 0 unspecified atom stereocenters. The summed E-state index contributed by atoms with van der Waals surface area (Å²) in [6.07, 6.45) is 1.70. The van der Waals surface area contributed by atoms with Crippen LogP contribution in [0.1, 0.15) is 11.4 Å². The maximum Gasteiger partial charge on any atom is 0.268 e. The third-order valence-corrected chi connectivity index (χ3v) is 6.51. The van der Waals surface area contributed by atoms with Crippen molar-refractivity contribution < 1.29 is 12.8 Å². The summed E-state index contributed by atoms with van der Waals surface area (Å²) >= 11 is 5.97. The van der Waals surface area contributed by atoms with Crippen LogP contribution in [0.5, 0.6) is 0 Å². The highest BCUT2D eigenvalue weighted by molar-refractivity contribution is 7.93. The second-order valence-electron chi connectivity index (χ2n) is 6.43. The highest BCUT2D eigenvalue weighted by Crippen LogP contribution is 2.29. The molecule has 0 aliphatic carbocycles. The third-order valence-electron chi connectivity index (χ3n) is 4.47. The van der Waals surface area contributed by atoms with E-state index in [4.69, 9.17) is 11.6 Å². The van der Waals surface area contributed by atoms with Crippen molar-refractivity contribution in [2.45, 2.75) is 18.4 Å². The lowest BCUT2D eigenvalue weighted by Crippen LogP contribution is -2.31. The van der Waals surface area contributed by atoms with Gasteiger partial charge in [-0.2, -0.15) is 0 Å². The minimum Gasteiger partial charge on any atom is -0.286 e. The number of aromatic nitrogens is 3. The molecule has 0 spiro atoms. The zero-order chi connectivity index (χ0) is 20.6. The van der Waals surface area contributed by atoms with Crippen LogP contribution in [0.25, 0.3) is 5.65 Å². The van der Waals surface area contributed by atoms with Crippen molar-refractivity contribution in [3.63, 3.8) is 0 Å². The normalized spacial score (nSPS) is 11.7. The minimum absolute atomic E-state index is 0.00644. The summed E-state index contributed by atoms with van der Waals surface area (Å²) in [6, 6.07) is 15.3. The molecule has 0 amide bonds. The summed E-state index contributed by atoms with van der Waals surface area (Å²) < 4.78 is 43.8. The van der Waals surface area contributed by atoms with E-state index in [0.717, 1.165) is 0 Å². The van der Waals surface area contributed by atoms with E-state index in [1.165, 1.54) is 22.5 Å². The molecule has 0 radical (unpaired) electrons. The molecule has 0 aliphatic rings. The average molecular weight is 431 g/mol. The predicted octanol–water partition coefficient (Wildman–Crippen LogP) is 4.23. The van der Waals surface area contributed by atoms with Gasteiger partial charge in [0.2, 0.25) is 0 Å². The molecular weight excluding hydrogens is 415 g/mol. The molecule has 9 heteroatoms. The molecule has 2 heterocycles. The number of halogens is 2. The summed E-state index contributed by atoms with van der Waals surface area (Å²) in [7, 11) is -4.05. The van der Waals surface area contributed by atoms with Gasteiger partial charge in [-0.25, -0.2) is 12.8 Å². The topological polar surface area (TPSA) is 67.6 Å². The van der Waals surface area contributed by atoms with Crippen LogP contribution in [0.15, 0.2) is 71.8 Å². The highest BCUT2D eigenvalue weighted by atomic mass is 35.5. The first kappa shape index (κ1) is 19.4. The van der Waals surface area contributed by atoms with Gasteiger partial charge in [0, 0.05) is 11.2 Å². The van der Waals surface area contributed by atoms with E-state index in [1.807, 2.05) is 0 Å². The fraction of sp³-hybridized carbons (Fsp3) is 0.100. The Hall–Kier alpha value is -2.97. The lowest BCUT2D eigenvalue weighted by molar-refractivity contribution is 0.590. The number of pyridine rings is 1. The number of hydrogen-bond acceptors (Lipinski definition) is 4. The molecule has 0 N–H and O–H groups in total. The molecule has 0 atom stereocenters. The van der Waals surface area contributed by atoms with Crippen molar-refractivity contribution in [1.29, 1.82) is 0 Å². The van der Waals surface area contributed by atoms with E-state index < -0.39 is 15.8 Å². The first-order chi connectivity index (χ1) is 13.9. The summed E-state index contributed by atoms with van der Waals surface area (Å²) in [4.78, 5) is 0.00644. The third kappa shape index (κ3) is 3.68. The molecule has 148 valence electrons. The fourth-order valence-electron chi connectivity index (χ4n) is 3.05. The number of anilines is 1. The van der Waals surface area contributed by atoms with E-state index in [9.17, 15) is 12.8 Å². The Morgan fingerprint density at radius 2 is 1.83 bits per heavy atom. The van der Waals surface area contributed by atoms with E-state index in [2.05, 4.69) is 10.2 Å². The van der Waals surface area contributed by atoms with Crippen molar-refractivity contribution >= 4 is 33.0 Å². The number of nitrogens with zero attached hydrogens (tertiary/aromatic N) is 4. The summed E-state index contributed by atoms with van der Waals surface area (Å²) in [5, 5.41) is 8.47.